The molecular formula is C24H26F4N4O2. The van der Waals surface area contributed by atoms with E-state index in [0.717, 1.165) is 17.7 Å². The van der Waals surface area contributed by atoms with E-state index in [2.05, 4.69) is 10.3 Å². The zero-order valence-electron chi connectivity index (χ0n) is 19.0. The van der Waals surface area contributed by atoms with Crippen LogP contribution in [-0.4, -0.2) is 52.3 Å². The van der Waals surface area contributed by atoms with E-state index in [1.165, 1.54) is 6.07 Å². The Morgan fingerprint density at radius 3 is 2.53 bits per heavy atom. The highest BCUT2D eigenvalue weighted by Crippen LogP contribution is 2.28. The number of carbonyl (C=O) groups excluding carboxylic acids is 1. The largest absolute Gasteiger partial charge is 0.485 e. The summed E-state index contributed by atoms with van der Waals surface area (Å²) in [7, 11) is 0. The fourth-order valence-electron chi connectivity index (χ4n) is 4.07. The first-order valence-electron chi connectivity index (χ1n) is 11.1. The van der Waals surface area contributed by atoms with Gasteiger partial charge in [-0.05, 0) is 37.6 Å². The molecule has 6 nitrogen and oxygen atoms in total. The summed E-state index contributed by atoms with van der Waals surface area (Å²) < 4.78 is 61.9. The molecule has 1 aromatic carbocycles. The van der Waals surface area contributed by atoms with E-state index in [1.54, 1.807) is 30.5 Å². The molecular weight excluding hydrogens is 452 g/mol. The van der Waals surface area contributed by atoms with Crippen LogP contribution in [0.3, 0.4) is 0 Å². The predicted molar refractivity (Wildman–Crippen MR) is 118 cm³/mol. The quantitative estimate of drug-likeness (QED) is 0.516. The van der Waals surface area contributed by atoms with E-state index in [0.29, 0.717) is 49.0 Å². The lowest BCUT2D eigenvalue weighted by Crippen LogP contribution is -2.43. The average molecular weight is 478 g/mol. The highest BCUT2D eigenvalue weighted by Gasteiger charge is 2.33. The van der Waals surface area contributed by atoms with Gasteiger partial charge in [0, 0.05) is 45.2 Å². The average Bonchev–Trinajstić information content (AvgIpc) is 3.10. The van der Waals surface area contributed by atoms with Crippen LogP contribution in [0.5, 0.6) is 5.75 Å². The number of alkyl halides is 2. The molecule has 1 aliphatic rings. The van der Waals surface area contributed by atoms with Crippen molar-refractivity contribution in [1.29, 1.82) is 0 Å². The number of amides is 1. The highest BCUT2D eigenvalue weighted by atomic mass is 19.3. The molecule has 34 heavy (non-hydrogen) atoms. The van der Waals surface area contributed by atoms with Gasteiger partial charge < -0.3 is 15.0 Å². The molecule has 1 fully saturated rings. The summed E-state index contributed by atoms with van der Waals surface area (Å²) in [6.45, 7) is 4.52. The van der Waals surface area contributed by atoms with Gasteiger partial charge in [0.05, 0.1) is 11.3 Å². The van der Waals surface area contributed by atoms with Crippen molar-refractivity contribution in [3.05, 3.63) is 64.6 Å². The molecule has 0 saturated carbocycles. The molecule has 0 spiro atoms. The van der Waals surface area contributed by atoms with Crippen LogP contribution in [0, 0.1) is 25.5 Å². The summed E-state index contributed by atoms with van der Waals surface area (Å²) in [6.07, 6.45) is 1.38. The molecule has 0 unspecified atom stereocenters. The van der Waals surface area contributed by atoms with Crippen LogP contribution in [0.15, 0.2) is 30.5 Å². The Hall–Kier alpha value is -3.14. The zero-order chi connectivity index (χ0) is 24.5. The van der Waals surface area contributed by atoms with Crippen LogP contribution in [0.4, 0.5) is 17.6 Å². The fourth-order valence-corrected chi connectivity index (χ4v) is 4.07. The van der Waals surface area contributed by atoms with Gasteiger partial charge in [-0.2, -0.15) is 0 Å². The maximum Gasteiger partial charge on any atom is 0.270 e. The number of hydrogen-bond donors (Lipinski definition) is 1. The molecule has 0 aliphatic carbocycles. The van der Waals surface area contributed by atoms with Crippen molar-refractivity contribution in [3.63, 3.8) is 0 Å². The lowest BCUT2D eigenvalue weighted by Gasteiger charge is -2.31. The Bertz CT molecular complexity index is 1180. The number of aromatic nitrogens is 2. The van der Waals surface area contributed by atoms with E-state index < -0.39 is 17.6 Å². The van der Waals surface area contributed by atoms with Crippen LogP contribution in [-0.2, 0) is 6.61 Å². The van der Waals surface area contributed by atoms with Gasteiger partial charge in [-0.1, -0.05) is 6.07 Å². The van der Waals surface area contributed by atoms with E-state index >= 15 is 0 Å². The van der Waals surface area contributed by atoms with Crippen LogP contribution < -0.4 is 10.1 Å². The van der Waals surface area contributed by atoms with Crippen molar-refractivity contribution in [3.8, 4) is 5.75 Å². The van der Waals surface area contributed by atoms with E-state index in [-0.39, 0.29) is 30.9 Å². The third kappa shape index (κ3) is 5.16. The number of carbonyl (C=O) groups is 1. The van der Waals surface area contributed by atoms with Gasteiger partial charge in [0.2, 0.25) is 0 Å². The van der Waals surface area contributed by atoms with Gasteiger partial charge in [0.25, 0.3) is 11.8 Å². The Balaban J connectivity index is 1.48. The Labute approximate surface area is 194 Å². The monoisotopic (exact) mass is 478 g/mol. The van der Waals surface area contributed by atoms with Crippen molar-refractivity contribution < 1.29 is 27.1 Å². The molecule has 10 heteroatoms. The van der Waals surface area contributed by atoms with E-state index in [9.17, 15) is 22.4 Å². The number of pyridine rings is 1. The van der Waals surface area contributed by atoms with Gasteiger partial charge in [0.1, 0.15) is 23.9 Å². The lowest BCUT2D eigenvalue weighted by molar-refractivity contribution is -0.0547. The maximum atomic E-state index is 14.0. The first-order valence-corrected chi connectivity index (χ1v) is 11.1. The van der Waals surface area contributed by atoms with Gasteiger partial charge in [0.15, 0.2) is 11.4 Å². The lowest BCUT2D eigenvalue weighted by atomic mass is 10.1. The van der Waals surface area contributed by atoms with Crippen LogP contribution in [0.25, 0.3) is 5.65 Å². The molecule has 3 aromatic rings. The summed E-state index contributed by atoms with van der Waals surface area (Å²) in [6, 6.07) is 5.28. The minimum absolute atomic E-state index is 0.174. The fraction of sp³-hybridized carbons (Fsp3) is 0.417. The van der Waals surface area contributed by atoms with E-state index in [4.69, 9.17) is 4.74 Å². The third-order valence-electron chi connectivity index (χ3n) is 5.95. The van der Waals surface area contributed by atoms with Gasteiger partial charge >= 0.3 is 0 Å². The van der Waals surface area contributed by atoms with Crippen LogP contribution in [0.2, 0.25) is 0 Å². The predicted octanol–water partition coefficient (Wildman–Crippen LogP) is 4.27. The number of nitrogens with zero attached hydrogens (tertiary/aromatic N) is 3. The minimum atomic E-state index is -2.61. The number of likely N-dealkylation sites (tertiary alicyclic amines) is 1. The highest BCUT2D eigenvalue weighted by molar-refractivity contribution is 5.95. The molecule has 1 saturated heterocycles. The Morgan fingerprint density at radius 2 is 1.85 bits per heavy atom. The second kappa shape index (κ2) is 9.61. The Kier molecular flexibility index (Phi) is 6.79. The summed E-state index contributed by atoms with van der Waals surface area (Å²) in [4.78, 5) is 19.3. The maximum absolute atomic E-state index is 14.0. The SMILES string of the molecule is Cc1cc(OCc2c(F)cccc2F)c2nc(C)c(C(=O)NCCN3CCC(F)(F)CC3)n2c1. The summed E-state index contributed by atoms with van der Waals surface area (Å²) >= 11 is 0. The molecule has 2 aromatic heterocycles. The number of aryl methyl sites for hydroxylation is 2. The second-order valence-corrected chi connectivity index (χ2v) is 8.56. The molecule has 4 rings (SSSR count). The van der Waals surface area contributed by atoms with Crippen molar-refractivity contribution in [2.75, 3.05) is 26.2 Å². The van der Waals surface area contributed by atoms with Crippen LogP contribution in [0.1, 0.15) is 40.2 Å². The minimum Gasteiger partial charge on any atom is -0.485 e. The molecule has 3 heterocycles. The molecule has 1 N–H and O–H groups in total. The molecule has 1 aliphatic heterocycles. The number of fused-ring (bicyclic) bond motifs is 1. The Morgan fingerprint density at radius 1 is 1.18 bits per heavy atom. The standard InChI is InChI=1S/C24H26F4N4O2/c1-15-12-20(34-14-17-18(25)4-3-5-19(17)26)22-30-16(2)21(32(22)13-15)23(33)29-8-11-31-9-6-24(27,28)7-10-31/h3-5,12-13H,6-11,14H2,1-2H3,(H,29,33). The normalized spacial score (nSPS) is 16.1. The number of piperidine rings is 1. The zero-order valence-corrected chi connectivity index (χ0v) is 19.0. The number of rotatable bonds is 7. The van der Waals surface area contributed by atoms with Crippen LogP contribution >= 0.6 is 0 Å². The molecule has 0 atom stereocenters. The van der Waals surface area contributed by atoms with Gasteiger partial charge in [-0.3, -0.25) is 9.20 Å². The van der Waals surface area contributed by atoms with Crippen molar-refractivity contribution in [1.82, 2.24) is 19.6 Å². The van der Waals surface area contributed by atoms with Crippen molar-refractivity contribution >= 4 is 11.6 Å². The number of benzene rings is 1. The smallest absolute Gasteiger partial charge is 0.270 e. The summed E-state index contributed by atoms with van der Waals surface area (Å²) in [5, 5.41) is 2.83. The third-order valence-corrected chi connectivity index (χ3v) is 5.95. The van der Waals surface area contributed by atoms with Gasteiger partial charge in [-0.25, -0.2) is 22.5 Å². The first-order chi connectivity index (χ1) is 16.1. The van der Waals surface area contributed by atoms with E-state index in [1.807, 2.05) is 4.90 Å². The number of imidazole rings is 1. The molecule has 1 amide bonds. The van der Waals surface area contributed by atoms with Crippen molar-refractivity contribution in [2.45, 2.75) is 39.2 Å². The number of hydrogen-bond acceptors (Lipinski definition) is 4. The number of ether oxygens (including phenoxy) is 1. The molecule has 0 bridgehead atoms. The second-order valence-electron chi connectivity index (χ2n) is 8.56. The molecule has 0 radical (unpaired) electrons. The summed E-state index contributed by atoms with van der Waals surface area (Å²) in [5.41, 5.74) is 1.69. The number of halogens is 4. The van der Waals surface area contributed by atoms with Crippen molar-refractivity contribution in [2.24, 2.45) is 0 Å². The topological polar surface area (TPSA) is 58.9 Å². The summed E-state index contributed by atoms with van der Waals surface area (Å²) in [5.74, 6) is -4.09. The molecule has 182 valence electrons. The van der Waals surface area contributed by atoms with Gasteiger partial charge in [-0.15, -0.1) is 0 Å². The first kappa shape index (κ1) is 24.0. The number of nitrogens with one attached hydrogen (secondary N) is 1.